The number of nitrogens with zero attached hydrogens (tertiary/aromatic N) is 1. The molecule has 0 saturated carbocycles. The van der Waals surface area contributed by atoms with Crippen molar-refractivity contribution in [2.24, 2.45) is 0 Å². The van der Waals surface area contributed by atoms with Crippen molar-refractivity contribution in [3.05, 3.63) is 29.8 Å². The summed E-state index contributed by atoms with van der Waals surface area (Å²) < 4.78 is 5.30. The van der Waals surface area contributed by atoms with Crippen molar-refractivity contribution in [1.29, 1.82) is 5.26 Å². The molecule has 1 rings (SSSR count). The van der Waals surface area contributed by atoms with E-state index in [1.165, 1.54) is 0 Å². The molecule has 0 aliphatic heterocycles. The number of amides is 1. The molecule has 1 amide bonds. The summed E-state index contributed by atoms with van der Waals surface area (Å²) in [7, 11) is 0. The molecule has 102 valence electrons. The Morgan fingerprint density at radius 3 is 2.79 bits per heavy atom. The lowest BCUT2D eigenvalue weighted by atomic mass is 10.1. The van der Waals surface area contributed by atoms with E-state index in [4.69, 9.17) is 10.00 Å². The van der Waals surface area contributed by atoms with Gasteiger partial charge in [0.15, 0.2) is 6.61 Å². The highest BCUT2D eigenvalue weighted by Crippen LogP contribution is 2.16. The van der Waals surface area contributed by atoms with Crippen LogP contribution in [0, 0.1) is 11.3 Å². The number of para-hydroxylation sites is 1. The lowest BCUT2D eigenvalue weighted by Crippen LogP contribution is -2.37. The number of aliphatic hydroxyl groups excluding tert-OH is 1. The monoisotopic (exact) mass is 262 g/mol. The van der Waals surface area contributed by atoms with Crippen LogP contribution in [-0.4, -0.2) is 29.8 Å². The normalized spacial score (nSPS) is 13.2. The summed E-state index contributed by atoms with van der Waals surface area (Å²) in [6, 6.07) is 8.62. The van der Waals surface area contributed by atoms with Gasteiger partial charge >= 0.3 is 0 Å². The quantitative estimate of drug-likeness (QED) is 0.807. The van der Waals surface area contributed by atoms with Crippen molar-refractivity contribution < 1.29 is 14.6 Å². The number of nitriles is 1. The van der Waals surface area contributed by atoms with Crippen molar-refractivity contribution >= 4 is 5.91 Å². The molecule has 2 atom stereocenters. The molecule has 1 aromatic carbocycles. The van der Waals surface area contributed by atoms with E-state index >= 15 is 0 Å². The van der Waals surface area contributed by atoms with Crippen LogP contribution in [0.4, 0.5) is 0 Å². The molecule has 0 radical (unpaired) electrons. The molecular weight excluding hydrogens is 244 g/mol. The van der Waals surface area contributed by atoms with E-state index in [0.29, 0.717) is 17.7 Å². The molecule has 0 aliphatic carbocycles. The second-order valence-corrected chi connectivity index (χ2v) is 4.45. The van der Waals surface area contributed by atoms with E-state index in [2.05, 4.69) is 5.32 Å². The van der Waals surface area contributed by atoms with Crippen LogP contribution in [0.5, 0.6) is 5.75 Å². The molecule has 1 aromatic rings. The minimum absolute atomic E-state index is 0.123. The van der Waals surface area contributed by atoms with Gasteiger partial charge in [-0.05, 0) is 32.4 Å². The van der Waals surface area contributed by atoms with Crippen LogP contribution < -0.4 is 10.1 Å². The Kier molecular flexibility index (Phi) is 5.83. The van der Waals surface area contributed by atoms with Crippen molar-refractivity contribution in [2.75, 3.05) is 6.61 Å². The summed E-state index contributed by atoms with van der Waals surface area (Å²) in [6.07, 6.45) is 0.0242. The summed E-state index contributed by atoms with van der Waals surface area (Å²) in [6.45, 7) is 3.33. The number of ether oxygens (including phenoxy) is 1. The zero-order valence-electron chi connectivity index (χ0n) is 11.1. The van der Waals surface area contributed by atoms with Gasteiger partial charge in [-0.1, -0.05) is 12.1 Å². The number of nitrogens with one attached hydrogen (secondary N) is 1. The number of hydrogen-bond acceptors (Lipinski definition) is 4. The van der Waals surface area contributed by atoms with E-state index in [-0.39, 0.29) is 18.6 Å². The molecule has 0 saturated heterocycles. The Balaban J connectivity index is 2.44. The third kappa shape index (κ3) is 5.40. The van der Waals surface area contributed by atoms with Crippen LogP contribution in [0.25, 0.3) is 0 Å². The summed E-state index contributed by atoms with van der Waals surface area (Å²) in [5.41, 5.74) is 0.396. The molecule has 0 fully saturated rings. The largest absolute Gasteiger partial charge is 0.482 e. The molecule has 0 heterocycles. The average molecular weight is 262 g/mol. The van der Waals surface area contributed by atoms with Crippen LogP contribution in [-0.2, 0) is 4.79 Å². The number of rotatable bonds is 6. The zero-order valence-corrected chi connectivity index (χ0v) is 11.1. The van der Waals surface area contributed by atoms with Gasteiger partial charge in [-0.2, -0.15) is 5.26 Å². The van der Waals surface area contributed by atoms with Gasteiger partial charge in [-0.3, -0.25) is 4.79 Å². The van der Waals surface area contributed by atoms with Gasteiger partial charge in [-0.25, -0.2) is 0 Å². The molecular formula is C14H18N2O3. The molecule has 0 aromatic heterocycles. The Labute approximate surface area is 112 Å². The highest BCUT2D eigenvalue weighted by Gasteiger charge is 2.11. The standard InChI is InChI=1S/C14H18N2O3/c1-10(7-11(2)17)16-14(18)9-19-13-6-4-3-5-12(13)8-15/h3-6,10-11,17H,7,9H2,1-2H3,(H,16,18). The summed E-state index contributed by atoms with van der Waals surface area (Å²) in [5.74, 6) is 0.115. The number of aliphatic hydroxyl groups is 1. The van der Waals surface area contributed by atoms with Crippen LogP contribution >= 0.6 is 0 Å². The molecule has 5 heteroatoms. The molecule has 2 unspecified atom stereocenters. The Bertz CT molecular complexity index is 466. The third-order valence-electron chi connectivity index (χ3n) is 2.47. The highest BCUT2D eigenvalue weighted by atomic mass is 16.5. The van der Waals surface area contributed by atoms with E-state index in [1.807, 2.05) is 13.0 Å². The maximum Gasteiger partial charge on any atom is 0.258 e. The second-order valence-electron chi connectivity index (χ2n) is 4.45. The maximum atomic E-state index is 11.6. The molecule has 19 heavy (non-hydrogen) atoms. The van der Waals surface area contributed by atoms with Crippen LogP contribution in [0.3, 0.4) is 0 Å². The minimum Gasteiger partial charge on any atom is -0.482 e. The van der Waals surface area contributed by atoms with Gasteiger partial charge in [0.1, 0.15) is 11.8 Å². The van der Waals surface area contributed by atoms with Crippen LogP contribution in [0.15, 0.2) is 24.3 Å². The fourth-order valence-electron chi connectivity index (χ4n) is 1.72. The zero-order chi connectivity index (χ0) is 14.3. The predicted octanol–water partition coefficient (Wildman–Crippen LogP) is 1.21. The predicted molar refractivity (Wildman–Crippen MR) is 70.6 cm³/mol. The first-order valence-electron chi connectivity index (χ1n) is 6.12. The van der Waals surface area contributed by atoms with Gasteiger partial charge in [0.05, 0.1) is 11.7 Å². The summed E-state index contributed by atoms with van der Waals surface area (Å²) in [4.78, 5) is 11.6. The van der Waals surface area contributed by atoms with E-state index < -0.39 is 6.10 Å². The highest BCUT2D eigenvalue weighted by molar-refractivity contribution is 5.77. The van der Waals surface area contributed by atoms with Crippen LogP contribution in [0.2, 0.25) is 0 Å². The molecule has 0 aliphatic rings. The first-order valence-corrected chi connectivity index (χ1v) is 6.12. The maximum absolute atomic E-state index is 11.6. The van der Waals surface area contributed by atoms with Gasteiger partial charge in [0.2, 0.25) is 0 Å². The van der Waals surface area contributed by atoms with E-state index in [0.717, 1.165) is 0 Å². The lowest BCUT2D eigenvalue weighted by molar-refractivity contribution is -0.123. The molecule has 0 spiro atoms. The van der Waals surface area contributed by atoms with Crippen molar-refractivity contribution in [3.63, 3.8) is 0 Å². The number of carbonyl (C=O) groups excluding carboxylic acids is 1. The average Bonchev–Trinajstić information content (AvgIpc) is 2.35. The van der Waals surface area contributed by atoms with Gasteiger partial charge in [0, 0.05) is 6.04 Å². The van der Waals surface area contributed by atoms with E-state index in [9.17, 15) is 9.90 Å². The number of benzene rings is 1. The van der Waals surface area contributed by atoms with Crippen molar-refractivity contribution in [3.8, 4) is 11.8 Å². The fraction of sp³-hybridized carbons (Fsp3) is 0.429. The van der Waals surface area contributed by atoms with Gasteiger partial charge in [0.25, 0.3) is 5.91 Å². The summed E-state index contributed by atoms with van der Waals surface area (Å²) >= 11 is 0. The van der Waals surface area contributed by atoms with Crippen molar-refractivity contribution in [2.45, 2.75) is 32.4 Å². The van der Waals surface area contributed by atoms with Crippen LogP contribution in [0.1, 0.15) is 25.8 Å². The Hall–Kier alpha value is -2.06. The third-order valence-corrected chi connectivity index (χ3v) is 2.47. The first kappa shape index (κ1) is 15.0. The topological polar surface area (TPSA) is 82.3 Å². The Morgan fingerprint density at radius 1 is 1.47 bits per heavy atom. The molecule has 2 N–H and O–H groups in total. The van der Waals surface area contributed by atoms with Crippen molar-refractivity contribution in [1.82, 2.24) is 5.32 Å². The number of hydrogen-bond donors (Lipinski definition) is 2. The van der Waals surface area contributed by atoms with Gasteiger partial charge in [-0.15, -0.1) is 0 Å². The lowest BCUT2D eigenvalue weighted by Gasteiger charge is -2.15. The first-order chi connectivity index (χ1) is 9.02. The van der Waals surface area contributed by atoms with Gasteiger partial charge < -0.3 is 15.2 Å². The summed E-state index contributed by atoms with van der Waals surface area (Å²) in [5, 5.41) is 20.8. The number of carbonyl (C=O) groups is 1. The second kappa shape index (κ2) is 7.39. The van der Waals surface area contributed by atoms with E-state index in [1.54, 1.807) is 31.2 Å². The Morgan fingerprint density at radius 2 is 2.16 bits per heavy atom. The smallest absolute Gasteiger partial charge is 0.258 e. The fourth-order valence-corrected chi connectivity index (χ4v) is 1.72. The minimum atomic E-state index is -0.462. The molecule has 5 nitrogen and oxygen atoms in total. The molecule has 0 bridgehead atoms. The SMILES string of the molecule is CC(O)CC(C)NC(=O)COc1ccccc1C#N.